The van der Waals surface area contributed by atoms with Gasteiger partial charge in [-0.05, 0) is 30.5 Å². The predicted molar refractivity (Wildman–Crippen MR) is 114 cm³/mol. The molecule has 0 amide bonds. The van der Waals surface area contributed by atoms with Crippen LogP contribution in [0.2, 0.25) is 0 Å². The fourth-order valence-corrected chi connectivity index (χ4v) is 3.68. The van der Waals surface area contributed by atoms with Crippen LogP contribution >= 0.6 is 0 Å². The van der Waals surface area contributed by atoms with Crippen LogP contribution in [0.4, 0.5) is 0 Å². The molecule has 4 rings (SSSR count). The molecule has 1 aliphatic rings. The van der Waals surface area contributed by atoms with Gasteiger partial charge in [0.15, 0.2) is 11.5 Å². The Hall–Kier alpha value is -3.92. The first-order valence-corrected chi connectivity index (χ1v) is 10.2. The van der Waals surface area contributed by atoms with E-state index in [-0.39, 0.29) is 46.1 Å². The van der Waals surface area contributed by atoms with E-state index >= 15 is 0 Å². The smallest absolute Gasteiger partial charge is 0.302 e. The van der Waals surface area contributed by atoms with Crippen molar-refractivity contribution >= 4 is 16.9 Å². The standard InChI is InChI=1S/C23H22O10/c1-11(24)30-10-14-3-2-4-19(31-14)33-23-20(12-5-6-15(26)16(27)7-12)22(29)21-17(28)8-13(25)9-18(21)32-23/h5-9,14,19,25-28H,2-4,10H2,1H3. The second-order valence-corrected chi connectivity index (χ2v) is 7.67. The molecule has 0 radical (unpaired) electrons. The molecule has 0 spiro atoms. The Bertz CT molecular complexity index is 1260. The third kappa shape index (κ3) is 4.65. The lowest BCUT2D eigenvalue weighted by Gasteiger charge is -2.29. The number of carbonyl (C=O) groups is 1. The zero-order chi connectivity index (χ0) is 23.7. The van der Waals surface area contributed by atoms with E-state index < -0.39 is 35.3 Å². The topological polar surface area (TPSA) is 156 Å². The SMILES string of the molecule is CC(=O)OCC1CCCC(Oc2oc3cc(O)cc(O)c3c(=O)c2-c2ccc(O)c(O)c2)O1. The summed E-state index contributed by atoms with van der Waals surface area (Å²) in [7, 11) is 0. The molecule has 0 aliphatic carbocycles. The molecule has 10 nitrogen and oxygen atoms in total. The van der Waals surface area contributed by atoms with Crippen LogP contribution < -0.4 is 10.2 Å². The van der Waals surface area contributed by atoms with E-state index in [4.69, 9.17) is 18.6 Å². The highest BCUT2D eigenvalue weighted by molar-refractivity contribution is 5.89. The molecule has 33 heavy (non-hydrogen) atoms. The Kier molecular flexibility index (Phi) is 6.01. The van der Waals surface area contributed by atoms with E-state index in [1.54, 1.807) is 0 Å². The lowest BCUT2D eigenvalue weighted by Crippen LogP contribution is -2.35. The van der Waals surface area contributed by atoms with E-state index in [1.165, 1.54) is 19.1 Å². The molecule has 1 aromatic heterocycles. The molecule has 1 fully saturated rings. The van der Waals surface area contributed by atoms with Gasteiger partial charge in [-0.2, -0.15) is 0 Å². The van der Waals surface area contributed by atoms with Crippen LogP contribution in [0.25, 0.3) is 22.1 Å². The molecule has 174 valence electrons. The summed E-state index contributed by atoms with van der Waals surface area (Å²) < 4.78 is 22.4. The minimum absolute atomic E-state index is 0.0529. The molecule has 0 saturated carbocycles. The van der Waals surface area contributed by atoms with E-state index in [0.29, 0.717) is 19.3 Å². The molecule has 2 atom stereocenters. The minimum Gasteiger partial charge on any atom is -0.508 e. The second-order valence-electron chi connectivity index (χ2n) is 7.67. The first kappa shape index (κ1) is 22.3. The van der Waals surface area contributed by atoms with Crippen LogP contribution in [0.15, 0.2) is 39.5 Å². The highest BCUT2D eigenvalue weighted by atomic mass is 16.7. The minimum atomic E-state index is -0.838. The Labute approximate surface area is 187 Å². The maximum atomic E-state index is 13.3. The Morgan fingerprint density at radius 2 is 1.85 bits per heavy atom. The van der Waals surface area contributed by atoms with Crippen molar-refractivity contribution in [2.75, 3.05) is 6.61 Å². The van der Waals surface area contributed by atoms with E-state index in [1.807, 2.05) is 0 Å². The third-order valence-corrected chi connectivity index (χ3v) is 5.21. The van der Waals surface area contributed by atoms with Crippen molar-refractivity contribution in [1.29, 1.82) is 0 Å². The van der Waals surface area contributed by atoms with Gasteiger partial charge in [-0.25, -0.2) is 0 Å². The van der Waals surface area contributed by atoms with Gasteiger partial charge in [0, 0.05) is 25.5 Å². The van der Waals surface area contributed by atoms with Crippen molar-refractivity contribution in [1.82, 2.24) is 0 Å². The molecule has 0 bridgehead atoms. The lowest BCUT2D eigenvalue weighted by atomic mass is 10.0. The van der Waals surface area contributed by atoms with Crippen LogP contribution in [-0.2, 0) is 14.3 Å². The maximum absolute atomic E-state index is 13.3. The number of hydrogen-bond acceptors (Lipinski definition) is 10. The normalized spacial score (nSPS) is 18.2. The van der Waals surface area contributed by atoms with Crippen LogP contribution in [0.3, 0.4) is 0 Å². The first-order valence-electron chi connectivity index (χ1n) is 10.2. The molecule has 10 heteroatoms. The fourth-order valence-electron chi connectivity index (χ4n) is 3.68. The summed E-state index contributed by atoms with van der Waals surface area (Å²) in [5, 5.41) is 39.4. The summed E-state index contributed by atoms with van der Waals surface area (Å²) in [6, 6.07) is 5.89. The van der Waals surface area contributed by atoms with Crippen molar-refractivity contribution in [3.63, 3.8) is 0 Å². The van der Waals surface area contributed by atoms with E-state index in [9.17, 15) is 30.0 Å². The summed E-state index contributed by atoms with van der Waals surface area (Å²) in [6.07, 6.45) is 0.564. The Balaban J connectivity index is 1.78. The number of benzene rings is 2. The monoisotopic (exact) mass is 458 g/mol. The number of carbonyl (C=O) groups excluding carboxylic acids is 1. The number of aromatic hydroxyl groups is 4. The molecular weight excluding hydrogens is 436 g/mol. The summed E-state index contributed by atoms with van der Waals surface area (Å²) >= 11 is 0. The van der Waals surface area contributed by atoms with E-state index in [0.717, 1.165) is 18.2 Å². The van der Waals surface area contributed by atoms with Crippen molar-refractivity contribution < 1.29 is 43.8 Å². The fraction of sp³-hybridized carbons (Fsp3) is 0.304. The van der Waals surface area contributed by atoms with Crippen LogP contribution in [0.1, 0.15) is 26.2 Å². The van der Waals surface area contributed by atoms with Crippen molar-refractivity contribution in [2.45, 2.75) is 38.6 Å². The first-order chi connectivity index (χ1) is 15.7. The number of phenolic OH excluding ortho intramolecular Hbond substituents is 4. The zero-order valence-corrected chi connectivity index (χ0v) is 17.6. The lowest BCUT2D eigenvalue weighted by molar-refractivity contribution is -0.176. The molecule has 3 aromatic rings. The van der Waals surface area contributed by atoms with Crippen molar-refractivity contribution in [3.05, 3.63) is 40.6 Å². The predicted octanol–water partition coefficient (Wildman–Crippen LogP) is 3.12. The van der Waals surface area contributed by atoms with E-state index in [2.05, 4.69) is 0 Å². The second kappa shape index (κ2) is 8.91. The molecule has 2 aromatic carbocycles. The number of ether oxygens (including phenoxy) is 3. The average molecular weight is 458 g/mol. The Morgan fingerprint density at radius 3 is 2.58 bits per heavy atom. The van der Waals surface area contributed by atoms with Gasteiger partial charge < -0.3 is 39.1 Å². The molecular formula is C23H22O10. The van der Waals surface area contributed by atoms with Crippen molar-refractivity contribution in [2.24, 2.45) is 0 Å². The third-order valence-electron chi connectivity index (χ3n) is 5.21. The average Bonchev–Trinajstić information content (AvgIpc) is 2.74. The number of phenols is 4. The number of hydrogen-bond donors (Lipinski definition) is 4. The summed E-state index contributed by atoms with van der Waals surface area (Å²) in [5.74, 6) is -2.37. The van der Waals surface area contributed by atoms with Crippen LogP contribution in [-0.4, -0.2) is 45.4 Å². The highest BCUT2D eigenvalue weighted by Crippen LogP contribution is 2.39. The highest BCUT2D eigenvalue weighted by Gasteiger charge is 2.28. The molecule has 4 N–H and O–H groups in total. The summed E-state index contributed by atoms with van der Waals surface area (Å²) in [4.78, 5) is 24.4. The number of rotatable bonds is 5. The van der Waals surface area contributed by atoms with Crippen LogP contribution in [0.5, 0.6) is 28.9 Å². The molecule has 2 unspecified atom stereocenters. The number of fused-ring (bicyclic) bond motifs is 1. The molecule has 2 heterocycles. The van der Waals surface area contributed by atoms with Crippen molar-refractivity contribution in [3.8, 4) is 40.1 Å². The van der Waals surface area contributed by atoms with Gasteiger partial charge in [0.25, 0.3) is 5.95 Å². The largest absolute Gasteiger partial charge is 0.508 e. The number of esters is 1. The summed E-state index contributed by atoms with van der Waals surface area (Å²) in [6.45, 7) is 1.35. The maximum Gasteiger partial charge on any atom is 0.302 e. The molecule has 1 aliphatic heterocycles. The zero-order valence-electron chi connectivity index (χ0n) is 17.6. The van der Waals surface area contributed by atoms with Gasteiger partial charge in [-0.3, -0.25) is 9.59 Å². The summed E-state index contributed by atoms with van der Waals surface area (Å²) in [5.41, 5.74) is -0.757. The van der Waals surface area contributed by atoms with Gasteiger partial charge in [-0.15, -0.1) is 0 Å². The Morgan fingerprint density at radius 1 is 1.06 bits per heavy atom. The van der Waals surface area contributed by atoms with Gasteiger partial charge >= 0.3 is 5.97 Å². The van der Waals surface area contributed by atoms with Crippen LogP contribution in [0, 0.1) is 0 Å². The van der Waals surface area contributed by atoms with Gasteiger partial charge in [0.2, 0.25) is 11.7 Å². The van der Waals surface area contributed by atoms with Gasteiger partial charge in [-0.1, -0.05) is 6.07 Å². The molecule has 1 saturated heterocycles. The quantitative estimate of drug-likeness (QED) is 0.331. The van der Waals surface area contributed by atoms with Gasteiger partial charge in [0.1, 0.15) is 34.6 Å². The van der Waals surface area contributed by atoms with Gasteiger partial charge in [0.05, 0.1) is 6.10 Å².